The van der Waals surface area contributed by atoms with Crippen LogP contribution in [-0.2, 0) is 17.4 Å². The summed E-state index contributed by atoms with van der Waals surface area (Å²) in [5.41, 5.74) is 8.90. The first-order valence-corrected chi connectivity index (χ1v) is 9.94. The molecule has 1 aromatic carbocycles. The quantitative estimate of drug-likeness (QED) is 0.493. The Labute approximate surface area is 152 Å². The fourth-order valence-electron chi connectivity index (χ4n) is 5.74. The van der Waals surface area contributed by atoms with Crippen LogP contribution in [0.1, 0.15) is 63.1 Å². The average molecular weight is 333 g/mol. The average Bonchev–Trinajstić information content (AvgIpc) is 3.21. The second kappa shape index (κ2) is 5.56. The predicted octanol–water partition coefficient (Wildman–Crippen LogP) is 5.63. The highest BCUT2D eigenvalue weighted by atomic mass is 15.2. The van der Waals surface area contributed by atoms with Crippen LogP contribution >= 0.6 is 0 Å². The predicted molar refractivity (Wildman–Crippen MR) is 105 cm³/mol. The van der Waals surface area contributed by atoms with E-state index in [1.165, 1.54) is 52.8 Å². The van der Waals surface area contributed by atoms with E-state index >= 15 is 0 Å². The second-order valence-corrected chi connectivity index (χ2v) is 7.78. The molecule has 0 radical (unpaired) electrons. The fourth-order valence-corrected chi connectivity index (χ4v) is 5.74. The van der Waals surface area contributed by atoms with Crippen molar-refractivity contribution in [1.29, 1.82) is 0 Å². The molecule has 2 atom stereocenters. The molecule has 0 N–H and O–H groups in total. The van der Waals surface area contributed by atoms with Crippen molar-refractivity contribution in [2.24, 2.45) is 0 Å². The molecular formula is C24H30N+. The number of hydrogen-bond acceptors (Lipinski definition) is 0. The molecular weight excluding hydrogens is 302 g/mol. The molecule has 2 aliphatic rings. The highest BCUT2D eigenvalue weighted by Gasteiger charge is 2.80. The number of nitrogens with zero attached hydrogens (tertiary/aromatic N) is 1. The Kier molecular flexibility index (Phi) is 3.68. The third-order valence-corrected chi connectivity index (χ3v) is 7.06. The molecule has 2 unspecified atom stereocenters. The van der Waals surface area contributed by atoms with Crippen LogP contribution in [0.4, 0.5) is 0 Å². The van der Waals surface area contributed by atoms with Crippen molar-refractivity contribution in [1.82, 2.24) is 0 Å². The summed E-state index contributed by atoms with van der Waals surface area (Å²) in [7, 11) is 0. The van der Waals surface area contributed by atoms with Gasteiger partial charge in [-0.3, -0.25) is 0 Å². The van der Waals surface area contributed by atoms with Crippen LogP contribution in [0.15, 0.2) is 48.7 Å². The summed E-state index contributed by atoms with van der Waals surface area (Å²) in [5.74, 6) is 0. The van der Waals surface area contributed by atoms with E-state index < -0.39 is 0 Å². The molecule has 4 rings (SSSR count). The first-order chi connectivity index (χ1) is 12.1. The van der Waals surface area contributed by atoms with Gasteiger partial charge in [0.05, 0.1) is 11.0 Å². The summed E-state index contributed by atoms with van der Waals surface area (Å²) in [6.45, 7) is 13.8. The molecule has 130 valence electrons. The topological polar surface area (TPSA) is 3.88 Å². The van der Waals surface area contributed by atoms with Gasteiger partial charge in [0, 0.05) is 23.6 Å². The number of unbranched alkanes of at least 4 members (excludes halogenated alkanes) is 1. The van der Waals surface area contributed by atoms with Crippen LogP contribution in [0.3, 0.4) is 0 Å². The van der Waals surface area contributed by atoms with Crippen molar-refractivity contribution >= 4 is 0 Å². The van der Waals surface area contributed by atoms with E-state index in [2.05, 4.69) is 75.4 Å². The summed E-state index contributed by atoms with van der Waals surface area (Å²) in [5, 5.41) is 0. The van der Waals surface area contributed by atoms with Crippen molar-refractivity contribution < 1.29 is 4.57 Å². The minimum Gasteiger partial charge on any atom is -0.187 e. The molecule has 0 spiro atoms. The summed E-state index contributed by atoms with van der Waals surface area (Å²) in [4.78, 5) is 0. The number of fused-ring (bicyclic) bond motifs is 6. The number of rotatable bonds is 5. The molecule has 2 heterocycles. The summed E-state index contributed by atoms with van der Waals surface area (Å²) >= 11 is 0. The van der Waals surface area contributed by atoms with Crippen molar-refractivity contribution in [2.75, 3.05) is 0 Å². The Hall–Kier alpha value is -1.89. The van der Waals surface area contributed by atoms with Gasteiger partial charge in [-0.1, -0.05) is 52.0 Å². The van der Waals surface area contributed by atoms with E-state index in [9.17, 15) is 0 Å². The van der Waals surface area contributed by atoms with E-state index in [4.69, 9.17) is 0 Å². The molecule has 1 heteroatoms. The lowest BCUT2D eigenvalue weighted by Gasteiger charge is -2.29. The minimum absolute atomic E-state index is 0.0689. The van der Waals surface area contributed by atoms with Gasteiger partial charge in [0.15, 0.2) is 6.20 Å². The van der Waals surface area contributed by atoms with Crippen molar-refractivity contribution in [3.8, 4) is 11.3 Å². The molecule has 2 aromatic rings. The normalized spacial score (nSPS) is 26.0. The van der Waals surface area contributed by atoms with E-state index in [-0.39, 0.29) is 11.0 Å². The van der Waals surface area contributed by atoms with Gasteiger partial charge in [0.2, 0.25) is 11.2 Å². The number of aromatic nitrogens is 1. The highest BCUT2D eigenvalue weighted by molar-refractivity contribution is 5.76. The summed E-state index contributed by atoms with van der Waals surface area (Å²) < 4.78 is 2.58. The minimum atomic E-state index is 0.0689. The number of allylic oxidation sites excluding steroid dienone is 1. The maximum atomic E-state index is 4.58. The Morgan fingerprint density at radius 1 is 1.04 bits per heavy atom. The maximum Gasteiger partial charge on any atom is 0.216 e. The van der Waals surface area contributed by atoms with Crippen molar-refractivity contribution in [3.05, 3.63) is 65.4 Å². The van der Waals surface area contributed by atoms with Crippen LogP contribution in [0, 0.1) is 6.92 Å². The lowest BCUT2D eigenvalue weighted by Crippen LogP contribution is -2.55. The fraction of sp³-hybridized carbons (Fsp3) is 0.458. The lowest BCUT2D eigenvalue weighted by molar-refractivity contribution is -0.732. The van der Waals surface area contributed by atoms with Gasteiger partial charge in [0.1, 0.15) is 0 Å². The van der Waals surface area contributed by atoms with E-state index in [0.717, 1.165) is 12.8 Å². The molecule has 0 amide bonds. The number of hydrogen-bond donors (Lipinski definition) is 0. The molecule has 1 aliphatic carbocycles. The van der Waals surface area contributed by atoms with Crippen molar-refractivity contribution in [3.63, 3.8) is 0 Å². The maximum absolute atomic E-state index is 4.58. The molecule has 1 fully saturated rings. The molecule has 25 heavy (non-hydrogen) atoms. The molecule has 1 aliphatic heterocycles. The number of benzene rings is 1. The van der Waals surface area contributed by atoms with Gasteiger partial charge in [-0.15, -0.1) is 0 Å². The number of aryl methyl sites for hydroxylation is 1. The SMILES string of the molecule is C=C1C2(CC)c3ccccc3-c3c(C)c(CCCC)cc[n+]3C12CC. The molecule has 0 bridgehead atoms. The molecule has 1 aromatic heterocycles. The van der Waals surface area contributed by atoms with Crippen LogP contribution < -0.4 is 4.57 Å². The first-order valence-electron chi connectivity index (χ1n) is 9.94. The molecule has 0 saturated heterocycles. The Morgan fingerprint density at radius 3 is 2.48 bits per heavy atom. The van der Waals surface area contributed by atoms with E-state index in [0.29, 0.717) is 0 Å². The Balaban J connectivity index is 2.03. The zero-order valence-corrected chi connectivity index (χ0v) is 16.2. The van der Waals surface area contributed by atoms with Gasteiger partial charge in [-0.05, 0) is 43.4 Å². The monoisotopic (exact) mass is 332 g/mol. The van der Waals surface area contributed by atoms with Gasteiger partial charge >= 0.3 is 0 Å². The summed E-state index contributed by atoms with van der Waals surface area (Å²) in [6.07, 6.45) is 8.28. The standard InChI is InChI=1S/C24H30N/c1-6-9-12-19-15-16-25-22(17(19)4)20-13-10-11-14-21(20)23(7-2)18(5)24(23,25)8-3/h10-11,13-16H,5-9,12H2,1-4H3/q+1. The van der Waals surface area contributed by atoms with Gasteiger partial charge < -0.3 is 0 Å². The third-order valence-electron chi connectivity index (χ3n) is 7.06. The zero-order valence-electron chi connectivity index (χ0n) is 16.2. The molecule has 1 saturated carbocycles. The zero-order chi connectivity index (χ0) is 17.8. The first kappa shape index (κ1) is 16.6. The van der Waals surface area contributed by atoms with E-state index in [1.54, 1.807) is 0 Å². The van der Waals surface area contributed by atoms with Crippen LogP contribution in [0.5, 0.6) is 0 Å². The van der Waals surface area contributed by atoms with Crippen molar-refractivity contribution in [2.45, 2.75) is 70.8 Å². The second-order valence-electron chi connectivity index (χ2n) is 7.78. The van der Waals surface area contributed by atoms with Gasteiger partial charge in [0.25, 0.3) is 0 Å². The Morgan fingerprint density at radius 2 is 1.80 bits per heavy atom. The third kappa shape index (κ3) is 1.77. The van der Waals surface area contributed by atoms with Gasteiger partial charge in [-0.25, -0.2) is 0 Å². The largest absolute Gasteiger partial charge is 0.216 e. The van der Waals surface area contributed by atoms with E-state index in [1.807, 2.05) is 0 Å². The lowest BCUT2D eigenvalue weighted by atomic mass is 9.78. The summed E-state index contributed by atoms with van der Waals surface area (Å²) in [6, 6.07) is 11.4. The highest BCUT2D eigenvalue weighted by Crippen LogP contribution is 2.71. The van der Waals surface area contributed by atoms with Gasteiger partial charge in [-0.2, -0.15) is 4.57 Å². The Bertz CT molecular complexity index is 862. The van der Waals surface area contributed by atoms with Crippen LogP contribution in [0.2, 0.25) is 0 Å². The molecule has 1 nitrogen and oxygen atoms in total. The van der Waals surface area contributed by atoms with Crippen LogP contribution in [-0.4, -0.2) is 0 Å². The van der Waals surface area contributed by atoms with Crippen LogP contribution in [0.25, 0.3) is 11.3 Å². The smallest absolute Gasteiger partial charge is 0.187 e. The number of pyridine rings is 1.